The standard InChI is InChI=1S/C23H24O3/c1-2-3-18-23(21-16-10-11-17-22(21)24,25-19-12-6-4-7-13-19)26-20-14-8-5-9-15-20/h4-17,24H,2-3,18H2,1H3. The third-order valence-corrected chi connectivity index (χ3v) is 4.23. The molecular weight excluding hydrogens is 324 g/mol. The summed E-state index contributed by atoms with van der Waals surface area (Å²) in [6.07, 6.45) is 2.50. The Bertz CT molecular complexity index is 758. The molecular formula is C23H24O3. The predicted octanol–water partition coefficient (Wildman–Crippen LogP) is 5.89. The molecule has 0 saturated carbocycles. The van der Waals surface area contributed by atoms with Crippen molar-refractivity contribution in [3.05, 3.63) is 90.5 Å². The van der Waals surface area contributed by atoms with E-state index in [2.05, 4.69) is 6.92 Å². The molecule has 0 atom stereocenters. The number of benzene rings is 3. The Kier molecular flexibility index (Phi) is 5.80. The van der Waals surface area contributed by atoms with Gasteiger partial charge in [-0.25, -0.2) is 0 Å². The van der Waals surface area contributed by atoms with Crippen LogP contribution < -0.4 is 9.47 Å². The highest BCUT2D eigenvalue weighted by molar-refractivity contribution is 5.38. The molecule has 3 rings (SSSR count). The van der Waals surface area contributed by atoms with Gasteiger partial charge in [0.15, 0.2) is 0 Å². The molecule has 1 N–H and O–H groups in total. The topological polar surface area (TPSA) is 38.7 Å². The SMILES string of the molecule is CCCCC(Oc1ccccc1)(Oc1ccccc1)c1ccccc1O. The third kappa shape index (κ3) is 4.17. The number of aromatic hydroxyl groups is 1. The molecule has 0 aromatic heterocycles. The summed E-state index contributed by atoms with van der Waals surface area (Å²) in [6, 6.07) is 26.4. The zero-order chi connectivity index (χ0) is 18.2. The maximum Gasteiger partial charge on any atom is 0.281 e. The lowest BCUT2D eigenvalue weighted by Gasteiger charge is -2.35. The maximum absolute atomic E-state index is 10.5. The Labute approximate surface area is 154 Å². The molecule has 0 aliphatic carbocycles. The van der Waals surface area contributed by atoms with Crippen LogP contribution in [0.1, 0.15) is 31.7 Å². The average Bonchev–Trinajstić information content (AvgIpc) is 2.68. The smallest absolute Gasteiger partial charge is 0.281 e. The van der Waals surface area contributed by atoms with Gasteiger partial charge in [-0.1, -0.05) is 61.9 Å². The first-order valence-electron chi connectivity index (χ1n) is 9.00. The van der Waals surface area contributed by atoms with E-state index in [0.717, 1.165) is 12.8 Å². The Balaban J connectivity index is 2.08. The molecule has 3 nitrogen and oxygen atoms in total. The lowest BCUT2D eigenvalue weighted by atomic mass is 9.98. The van der Waals surface area contributed by atoms with E-state index in [9.17, 15) is 5.11 Å². The van der Waals surface area contributed by atoms with E-state index in [4.69, 9.17) is 9.47 Å². The zero-order valence-electron chi connectivity index (χ0n) is 15.0. The molecule has 0 aliphatic heterocycles. The van der Waals surface area contributed by atoms with Crippen molar-refractivity contribution in [1.82, 2.24) is 0 Å². The van der Waals surface area contributed by atoms with Crippen molar-refractivity contribution in [2.45, 2.75) is 32.0 Å². The van der Waals surface area contributed by atoms with Crippen LogP contribution in [0.2, 0.25) is 0 Å². The van der Waals surface area contributed by atoms with Crippen molar-refractivity contribution < 1.29 is 14.6 Å². The Hall–Kier alpha value is -2.94. The largest absolute Gasteiger partial charge is 0.507 e. The fourth-order valence-corrected chi connectivity index (χ4v) is 2.93. The van der Waals surface area contributed by atoms with Gasteiger partial charge < -0.3 is 14.6 Å². The van der Waals surface area contributed by atoms with Crippen LogP contribution in [0.15, 0.2) is 84.9 Å². The highest BCUT2D eigenvalue weighted by atomic mass is 16.7. The van der Waals surface area contributed by atoms with Crippen LogP contribution in [0.4, 0.5) is 0 Å². The minimum atomic E-state index is -1.11. The molecule has 3 heteroatoms. The van der Waals surface area contributed by atoms with Crippen LogP contribution in [0.3, 0.4) is 0 Å². The first-order chi connectivity index (χ1) is 12.7. The van der Waals surface area contributed by atoms with Gasteiger partial charge in [-0.3, -0.25) is 0 Å². The second-order valence-corrected chi connectivity index (χ2v) is 6.20. The van der Waals surface area contributed by atoms with E-state index in [1.807, 2.05) is 72.8 Å². The fraction of sp³-hybridized carbons (Fsp3) is 0.217. The Morgan fingerprint density at radius 2 is 1.23 bits per heavy atom. The van der Waals surface area contributed by atoms with Crippen molar-refractivity contribution in [2.24, 2.45) is 0 Å². The van der Waals surface area contributed by atoms with Gasteiger partial charge in [0.1, 0.15) is 17.2 Å². The number of phenolic OH excluding ortho intramolecular Hbond substituents is 1. The van der Waals surface area contributed by atoms with Gasteiger partial charge in [0.25, 0.3) is 5.79 Å². The van der Waals surface area contributed by atoms with E-state index >= 15 is 0 Å². The van der Waals surface area contributed by atoms with Crippen molar-refractivity contribution in [1.29, 1.82) is 0 Å². The second kappa shape index (κ2) is 8.43. The number of unbranched alkanes of at least 4 members (excludes halogenated alkanes) is 1. The van der Waals surface area contributed by atoms with Gasteiger partial charge in [0.05, 0.1) is 5.56 Å². The molecule has 0 unspecified atom stereocenters. The van der Waals surface area contributed by atoms with Gasteiger partial charge in [0, 0.05) is 6.42 Å². The number of para-hydroxylation sites is 3. The number of hydrogen-bond donors (Lipinski definition) is 1. The minimum absolute atomic E-state index is 0.162. The van der Waals surface area contributed by atoms with Gasteiger partial charge in [0.2, 0.25) is 0 Å². The lowest BCUT2D eigenvalue weighted by molar-refractivity contribution is -0.130. The van der Waals surface area contributed by atoms with Crippen LogP contribution in [-0.4, -0.2) is 5.11 Å². The molecule has 0 spiro atoms. The molecule has 0 fully saturated rings. The molecule has 26 heavy (non-hydrogen) atoms. The van der Waals surface area contributed by atoms with Crippen LogP contribution in [0, 0.1) is 0 Å². The fourth-order valence-electron chi connectivity index (χ4n) is 2.93. The number of phenols is 1. The van der Waals surface area contributed by atoms with E-state index < -0.39 is 5.79 Å². The molecule has 0 bridgehead atoms. The summed E-state index contributed by atoms with van der Waals surface area (Å²) in [5.41, 5.74) is 0.626. The molecule has 0 heterocycles. The van der Waals surface area contributed by atoms with Gasteiger partial charge in [-0.15, -0.1) is 0 Å². The molecule has 0 amide bonds. The average molecular weight is 348 g/mol. The molecule has 0 saturated heterocycles. The summed E-state index contributed by atoms with van der Waals surface area (Å²) in [6.45, 7) is 2.13. The van der Waals surface area contributed by atoms with Gasteiger partial charge in [-0.05, 0) is 42.8 Å². The van der Waals surface area contributed by atoms with Crippen molar-refractivity contribution in [3.8, 4) is 17.2 Å². The first-order valence-corrected chi connectivity index (χ1v) is 9.00. The van der Waals surface area contributed by atoms with Crippen LogP contribution in [-0.2, 0) is 5.79 Å². The van der Waals surface area contributed by atoms with Crippen molar-refractivity contribution in [2.75, 3.05) is 0 Å². The number of hydrogen-bond acceptors (Lipinski definition) is 3. The summed E-state index contributed by atoms with van der Waals surface area (Å²) in [5, 5.41) is 10.5. The van der Waals surface area contributed by atoms with Crippen LogP contribution in [0.25, 0.3) is 0 Å². The lowest BCUT2D eigenvalue weighted by Crippen LogP contribution is -2.39. The predicted molar refractivity (Wildman–Crippen MR) is 103 cm³/mol. The third-order valence-electron chi connectivity index (χ3n) is 4.23. The van der Waals surface area contributed by atoms with Crippen LogP contribution in [0.5, 0.6) is 17.2 Å². The quantitative estimate of drug-likeness (QED) is 0.516. The zero-order valence-corrected chi connectivity index (χ0v) is 15.0. The van der Waals surface area contributed by atoms with Gasteiger partial charge >= 0.3 is 0 Å². The van der Waals surface area contributed by atoms with E-state index in [1.165, 1.54) is 0 Å². The molecule has 0 radical (unpaired) electrons. The Morgan fingerprint density at radius 3 is 1.73 bits per heavy atom. The molecule has 3 aromatic carbocycles. The minimum Gasteiger partial charge on any atom is -0.507 e. The maximum atomic E-state index is 10.5. The summed E-state index contributed by atoms with van der Waals surface area (Å²) >= 11 is 0. The molecule has 0 aliphatic rings. The number of ether oxygens (including phenoxy) is 2. The van der Waals surface area contributed by atoms with Gasteiger partial charge in [-0.2, -0.15) is 0 Å². The monoisotopic (exact) mass is 348 g/mol. The number of rotatable bonds is 8. The summed E-state index contributed by atoms with van der Waals surface area (Å²) in [7, 11) is 0. The van der Waals surface area contributed by atoms with Crippen molar-refractivity contribution in [3.63, 3.8) is 0 Å². The molecule has 3 aromatic rings. The Morgan fingerprint density at radius 1 is 0.731 bits per heavy atom. The van der Waals surface area contributed by atoms with E-state index in [-0.39, 0.29) is 5.75 Å². The summed E-state index contributed by atoms with van der Waals surface area (Å²) in [4.78, 5) is 0. The first kappa shape index (κ1) is 17.9. The van der Waals surface area contributed by atoms with Crippen molar-refractivity contribution >= 4 is 0 Å². The molecule has 134 valence electrons. The van der Waals surface area contributed by atoms with Crippen LogP contribution >= 0.6 is 0 Å². The highest BCUT2D eigenvalue weighted by Crippen LogP contribution is 2.39. The normalized spacial score (nSPS) is 11.1. The van der Waals surface area contributed by atoms with E-state index in [0.29, 0.717) is 23.5 Å². The van der Waals surface area contributed by atoms with E-state index in [1.54, 1.807) is 12.1 Å². The summed E-state index contributed by atoms with van der Waals surface area (Å²) in [5.74, 6) is 0.449. The highest BCUT2D eigenvalue weighted by Gasteiger charge is 2.39. The summed E-state index contributed by atoms with van der Waals surface area (Å²) < 4.78 is 12.8. The second-order valence-electron chi connectivity index (χ2n) is 6.20.